The highest BCUT2D eigenvalue weighted by molar-refractivity contribution is 4.81. The lowest BCUT2D eigenvalue weighted by Gasteiger charge is -2.08. The zero-order valence-corrected chi connectivity index (χ0v) is 5.00. The van der Waals surface area contributed by atoms with Crippen molar-refractivity contribution in [1.82, 2.24) is 5.01 Å². The van der Waals surface area contributed by atoms with Gasteiger partial charge in [-0.25, -0.2) is 0 Å². The Labute approximate surface area is 48.6 Å². The van der Waals surface area contributed by atoms with Gasteiger partial charge in [0.25, 0.3) is 0 Å². The van der Waals surface area contributed by atoms with E-state index in [1.807, 2.05) is 6.92 Å². The van der Waals surface area contributed by atoms with Crippen LogP contribution in [0, 0.1) is 4.91 Å². The van der Waals surface area contributed by atoms with Gasteiger partial charge in [0.2, 0.25) is 0 Å². The van der Waals surface area contributed by atoms with Crippen LogP contribution >= 0.6 is 0 Å². The topological polar surface area (TPSA) is 32.7 Å². The molecule has 1 fully saturated rings. The molecule has 0 heterocycles. The van der Waals surface area contributed by atoms with Crippen LogP contribution in [0.25, 0.3) is 0 Å². The maximum atomic E-state index is 9.89. The molecule has 0 bridgehead atoms. The molecule has 3 nitrogen and oxygen atoms in total. The van der Waals surface area contributed by atoms with E-state index in [4.69, 9.17) is 0 Å². The predicted molar refractivity (Wildman–Crippen MR) is 31.2 cm³/mol. The monoisotopic (exact) mass is 114 g/mol. The summed E-state index contributed by atoms with van der Waals surface area (Å²) in [5.74, 6) is 0. The first-order valence-corrected chi connectivity index (χ1v) is 2.98. The first-order valence-electron chi connectivity index (χ1n) is 2.98. The second-order valence-electron chi connectivity index (χ2n) is 2.07. The third-order valence-electron chi connectivity index (χ3n) is 1.40. The Morgan fingerprint density at radius 1 is 1.75 bits per heavy atom. The molecule has 0 spiro atoms. The van der Waals surface area contributed by atoms with Gasteiger partial charge in [-0.3, -0.25) is 5.01 Å². The van der Waals surface area contributed by atoms with Gasteiger partial charge in [-0.2, -0.15) is 0 Å². The molecule has 0 aromatic carbocycles. The predicted octanol–water partition coefficient (Wildman–Crippen LogP) is 1.15. The summed E-state index contributed by atoms with van der Waals surface area (Å²) in [7, 11) is 0. The lowest BCUT2D eigenvalue weighted by Crippen LogP contribution is -2.17. The van der Waals surface area contributed by atoms with Gasteiger partial charge in [-0.05, 0) is 19.8 Å². The molecule has 0 amide bonds. The Kier molecular flexibility index (Phi) is 1.46. The molecule has 0 aromatic rings. The van der Waals surface area contributed by atoms with Gasteiger partial charge >= 0.3 is 0 Å². The van der Waals surface area contributed by atoms with Gasteiger partial charge in [-0.1, -0.05) is 0 Å². The van der Waals surface area contributed by atoms with Crippen LogP contribution in [0.2, 0.25) is 0 Å². The number of rotatable bonds is 3. The van der Waals surface area contributed by atoms with Crippen molar-refractivity contribution < 1.29 is 0 Å². The molecule has 0 N–H and O–H groups in total. The van der Waals surface area contributed by atoms with Gasteiger partial charge in [-0.15, -0.1) is 4.91 Å². The van der Waals surface area contributed by atoms with Gasteiger partial charge in [0.1, 0.15) is 0 Å². The number of hydrogen-bond donors (Lipinski definition) is 0. The highest BCUT2D eigenvalue weighted by Gasteiger charge is 2.27. The summed E-state index contributed by atoms with van der Waals surface area (Å²) in [4.78, 5) is 9.89. The van der Waals surface area contributed by atoms with Crippen molar-refractivity contribution in [2.24, 2.45) is 5.29 Å². The average molecular weight is 114 g/mol. The average Bonchev–Trinajstić information content (AvgIpc) is 2.53. The summed E-state index contributed by atoms with van der Waals surface area (Å²) in [5, 5.41) is 4.45. The quantitative estimate of drug-likeness (QED) is 0.407. The van der Waals surface area contributed by atoms with Gasteiger partial charge in [0, 0.05) is 6.54 Å². The van der Waals surface area contributed by atoms with Crippen molar-refractivity contribution >= 4 is 0 Å². The van der Waals surface area contributed by atoms with E-state index in [-0.39, 0.29) is 0 Å². The first-order chi connectivity index (χ1) is 3.88. The summed E-state index contributed by atoms with van der Waals surface area (Å²) < 4.78 is 0. The van der Waals surface area contributed by atoms with Crippen LogP contribution in [0.1, 0.15) is 19.8 Å². The Bertz CT molecular complexity index is 90.4. The molecular weight excluding hydrogens is 104 g/mol. The van der Waals surface area contributed by atoms with E-state index in [2.05, 4.69) is 5.29 Å². The van der Waals surface area contributed by atoms with Crippen LogP contribution in [0.3, 0.4) is 0 Å². The van der Waals surface area contributed by atoms with Crippen molar-refractivity contribution in [2.75, 3.05) is 6.54 Å². The lowest BCUT2D eigenvalue weighted by molar-refractivity contribution is 0.289. The normalized spacial score (nSPS) is 18.1. The van der Waals surface area contributed by atoms with Crippen LogP contribution in [-0.4, -0.2) is 17.6 Å². The van der Waals surface area contributed by atoms with Crippen LogP contribution in [0.15, 0.2) is 5.29 Å². The Balaban J connectivity index is 2.25. The van der Waals surface area contributed by atoms with E-state index >= 15 is 0 Å². The SMILES string of the molecule is CCN(N=O)C1CC1. The maximum Gasteiger partial charge on any atom is 0.0526 e. The third-order valence-corrected chi connectivity index (χ3v) is 1.40. The number of nitroso groups, excluding NO2 is 1. The zero-order chi connectivity index (χ0) is 5.98. The Hall–Kier alpha value is -0.600. The van der Waals surface area contributed by atoms with E-state index in [9.17, 15) is 4.91 Å². The largest absolute Gasteiger partial charge is 0.258 e. The minimum atomic E-state index is 0.484. The van der Waals surface area contributed by atoms with Crippen molar-refractivity contribution in [3.8, 4) is 0 Å². The summed E-state index contributed by atoms with van der Waals surface area (Å²) in [5.41, 5.74) is 0. The fraction of sp³-hybridized carbons (Fsp3) is 1.00. The molecule has 46 valence electrons. The fourth-order valence-corrected chi connectivity index (χ4v) is 0.755. The molecule has 0 unspecified atom stereocenters. The molecule has 1 rings (SSSR count). The van der Waals surface area contributed by atoms with E-state index < -0.39 is 0 Å². The lowest BCUT2D eigenvalue weighted by atomic mass is 10.6. The summed E-state index contributed by atoms with van der Waals surface area (Å²) >= 11 is 0. The van der Waals surface area contributed by atoms with Crippen LogP contribution in [0.4, 0.5) is 0 Å². The third kappa shape index (κ3) is 0.967. The summed E-state index contributed by atoms with van der Waals surface area (Å²) in [6.45, 7) is 2.70. The highest BCUT2D eigenvalue weighted by atomic mass is 16.3. The summed E-state index contributed by atoms with van der Waals surface area (Å²) in [6.07, 6.45) is 2.30. The summed E-state index contributed by atoms with van der Waals surface area (Å²) in [6, 6.07) is 0.484. The fourth-order valence-electron chi connectivity index (χ4n) is 0.755. The van der Waals surface area contributed by atoms with Crippen LogP contribution in [-0.2, 0) is 0 Å². The van der Waals surface area contributed by atoms with Gasteiger partial charge in [0.05, 0.1) is 11.3 Å². The van der Waals surface area contributed by atoms with Crippen LogP contribution in [0.5, 0.6) is 0 Å². The van der Waals surface area contributed by atoms with Gasteiger partial charge in [0.15, 0.2) is 0 Å². The van der Waals surface area contributed by atoms with Gasteiger partial charge < -0.3 is 0 Å². The first kappa shape index (κ1) is 5.54. The number of hydrogen-bond acceptors (Lipinski definition) is 2. The molecule has 0 saturated heterocycles. The second kappa shape index (κ2) is 2.11. The molecule has 3 heteroatoms. The minimum absolute atomic E-state index is 0.484. The molecule has 0 aromatic heterocycles. The molecule has 1 aliphatic carbocycles. The van der Waals surface area contributed by atoms with Crippen molar-refractivity contribution in [1.29, 1.82) is 0 Å². The van der Waals surface area contributed by atoms with E-state index in [1.165, 1.54) is 0 Å². The van der Waals surface area contributed by atoms with Crippen molar-refractivity contribution in [2.45, 2.75) is 25.8 Å². The second-order valence-corrected chi connectivity index (χ2v) is 2.07. The van der Waals surface area contributed by atoms with Crippen molar-refractivity contribution in [3.05, 3.63) is 4.91 Å². The van der Waals surface area contributed by atoms with Crippen LogP contribution < -0.4 is 0 Å². The molecule has 0 atom stereocenters. The molecule has 1 saturated carbocycles. The smallest absolute Gasteiger partial charge is 0.0526 e. The highest BCUT2D eigenvalue weighted by Crippen LogP contribution is 2.26. The molecule has 0 aliphatic heterocycles. The molecular formula is C5H10N2O. The molecule has 1 aliphatic rings. The maximum absolute atomic E-state index is 9.89. The van der Waals surface area contributed by atoms with E-state index in [1.54, 1.807) is 5.01 Å². The van der Waals surface area contributed by atoms with Crippen molar-refractivity contribution in [3.63, 3.8) is 0 Å². The number of nitrogens with zero attached hydrogens (tertiary/aromatic N) is 2. The Morgan fingerprint density at radius 3 is 2.50 bits per heavy atom. The minimum Gasteiger partial charge on any atom is -0.258 e. The molecule has 0 radical (unpaired) electrons. The standard InChI is InChI=1S/C5H10N2O/c1-2-7(6-8)5-3-4-5/h5H,2-4H2,1H3. The molecule has 8 heavy (non-hydrogen) atoms. The zero-order valence-electron chi connectivity index (χ0n) is 5.00. The van der Waals surface area contributed by atoms with E-state index in [0.29, 0.717) is 6.04 Å². The Morgan fingerprint density at radius 2 is 2.38 bits per heavy atom. The van der Waals surface area contributed by atoms with E-state index in [0.717, 1.165) is 19.4 Å².